The number of hydrogen-bond acceptors (Lipinski definition) is 2. The van der Waals surface area contributed by atoms with Crippen molar-refractivity contribution in [3.8, 4) is 0 Å². The lowest BCUT2D eigenvalue weighted by atomic mass is 10.0. The molecule has 1 unspecified atom stereocenters. The first-order valence-electron chi connectivity index (χ1n) is 5.96. The van der Waals surface area contributed by atoms with Gasteiger partial charge in [-0.3, -0.25) is 0 Å². The van der Waals surface area contributed by atoms with Crippen molar-refractivity contribution in [1.29, 1.82) is 0 Å². The average molecular weight is 221 g/mol. The van der Waals surface area contributed by atoms with Crippen LogP contribution in [-0.4, -0.2) is 18.2 Å². The minimum Gasteiger partial charge on any atom is -0.387 e. The van der Waals surface area contributed by atoms with E-state index in [0.717, 1.165) is 12.1 Å². The molecule has 0 saturated heterocycles. The van der Waals surface area contributed by atoms with Crippen LogP contribution < -0.4 is 5.32 Å². The molecule has 16 heavy (non-hydrogen) atoms. The second-order valence-electron chi connectivity index (χ2n) is 4.93. The third kappa shape index (κ3) is 3.95. The molecule has 2 N–H and O–H groups in total. The Bertz CT molecular complexity index is 334. The molecule has 0 fully saturated rings. The van der Waals surface area contributed by atoms with Crippen LogP contribution in [0.15, 0.2) is 18.2 Å². The maximum absolute atomic E-state index is 10.0. The van der Waals surface area contributed by atoms with Crippen molar-refractivity contribution in [2.75, 3.05) is 13.1 Å². The van der Waals surface area contributed by atoms with E-state index in [1.165, 1.54) is 11.1 Å². The molecule has 1 atom stereocenters. The second-order valence-corrected chi connectivity index (χ2v) is 4.93. The normalized spacial score (nSPS) is 13.1. The van der Waals surface area contributed by atoms with Gasteiger partial charge in [-0.05, 0) is 37.4 Å². The first-order chi connectivity index (χ1) is 7.50. The monoisotopic (exact) mass is 221 g/mol. The zero-order valence-electron chi connectivity index (χ0n) is 10.7. The Balaban J connectivity index is 2.55. The number of aliphatic hydroxyl groups excluding tert-OH is 1. The van der Waals surface area contributed by atoms with Gasteiger partial charge in [0.15, 0.2) is 0 Å². The second kappa shape index (κ2) is 6.02. The van der Waals surface area contributed by atoms with E-state index in [1.807, 2.05) is 19.1 Å². The van der Waals surface area contributed by atoms with Crippen molar-refractivity contribution in [3.05, 3.63) is 34.9 Å². The van der Waals surface area contributed by atoms with Gasteiger partial charge in [-0.1, -0.05) is 37.6 Å². The quantitative estimate of drug-likeness (QED) is 0.801. The van der Waals surface area contributed by atoms with Gasteiger partial charge in [0.25, 0.3) is 0 Å². The lowest BCUT2D eigenvalue weighted by molar-refractivity contribution is 0.173. The highest BCUT2D eigenvalue weighted by Crippen LogP contribution is 2.18. The Morgan fingerprint density at radius 2 is 1.88 bits per heavy atom. The first-order valence-corrected chi connectivity index (χ1v) is 5.96. The lowest BCUT2D eigenvalue weighted by Crippen LogP contribution is -2.25. The third-order valence-corrected chi connectivity index (χ3v) is 2.67. The number of hydrogen-bond donors (Lipinski definition) is 2. The van der Waals surface area contributed by atoms with E-state index in [9.17, 15) is 5.11 Å². The van der Waals surface area contributed by atoms with E-state index in [2.05, 4.69) is 32.2 Å². The molecule has 2 nitrogen and oxygen atoms in total. The molecular weight excluding hydrogens is 198 g/mol. The molecule has 1 aromatic carbocycles. The molecule has 1 aromatic rings. The van der Waals surface area contributed by atoms with Crippen LogP contribution in [0.5, 0.6) is 0 Å². The van der Waals surface area contributed by atoms with Crippen molar-refractivity contribution in [1.82, 2.24) is 5.32 Å². The Labute approximate surface area is 98.7 Å². The molecule has 0 bridgehead atoms. The molecule has 0 saturated carbocycles. The van der Waals surface area contributed by atoms with Crippen LogP contribution >= 0.6 is 0 Å². The zero-order valence-corrected chi connectivity index (χ0v) is 10.7. The molecule has 2 heteroatoms. The number of rotatable bonds is 5. The predicted octanol–water partition coefficient (Wildman–Crippen LogP) is 2.58. The molecule has 0 heterocycles. The van der Waals surface area contributed by atoms with Crippen LogP contribution in [0.4, 0.5) is 0 Å². The molecule has 0 aromatic heterocycles. The summed E-state index contributed by atoms with van der Waals surface area (Å²) in [5, 5.41) is 13.3. The van der Waals surface area contributed by atoms with Crippen molar-refractivity contribution in [3.63, 3.8) is 0 Å². The summed E-state index contributed by atoms with van der Waals surface area (Å²) in [6, 6.07) is 6.18. The van der Waals surface area contributed by atoms with Gasteiger partial charge in [-0.25, -0.2) is 0 Å². The fourth-order valence-corrected chi connectivity index (χ4v) is 1.82. The summed E-state index contributed by atoms with van der Waals surface area (Å²) in [6.45, 7) is 10.0. The summed E-state index contributed by atoms with van der Waals surface area (Å²) in [4.78, 5) is 0. The molecule has 0 spiro atoms. The van der Waals surface area contributed by atoms with Gasteiger partial charge < -0.3 is 10.4 Å². The van der Waals surface area contributed by atoms with Gasteiger partial charge in [0.1, 0.15) is 0 Å². The maximum Gasteiger partial charge on any atom is 0.0916 e. The minimum absolute atomic E-state index is 0.403. The summed E-state index contributed by atoms with van der Waals surface area (Å²) in [6.07, 6.45) is -0.403. The first kappa shape index (κ1) is 13.2. The third-order valence-electron chi connectivity index (χ3n) is 2.67. The molecule has 0 aliphatic heterocycles. The van der Waals surface area contributed by atoms with E-state index in [1.54, 1.807) is 0 Å². The molecule has 0 amide bonds. The van der Waals surface area contributed by atoms with Gasteiger partial charge in [0, 0.05) is 6.54 Å². The SMILES string of the molecule is Cc1ccc(C(O)CNCC(C)C)c(C)c1. The van der Waals surface area contributed by atoms with Gasteiger partial charge in [0.05, 0.1) is 6.10 Å². The number of nitrogens with one attached hydrogen (secondary N) is 1. The standard InChI is InChI=1S/C14H23NO/c1-10(2)8-15-9-14(16)13-6-5-11(3)7-12(13)4/h5-7,10,14-16H,8-9H2,1-4H3. The highest BCUT2D eigenvalue weighted by molar-refractivity contribution is 5.32. The Morgan fingerprint density at radius 3 is 2.44 bits per heavy atom. The average Bonchev–Trinajstić information content (AvgIpc) is 2.16. The highest BCUT2D eigenvalue weighted by atomic mass is 16.3. The van der Waals surface area contributed by atoms with Crippen LogP contribution in [0.1, 0.15) is 36.6 Å². The Hall–Kier alpha value is -0.860. The molecule has 0 aliphatic rings. The topological polar surface area (TPSA) is 32.3 Å². The fourth-order valence-electron chi connectivity index (χ4n) is 1.82. The summed E-state index contributed by atoms with van der Waals surface area (Å²) < 4.78 is 0. The van der Waals surface area contributed by atoms with Crippen LogP contribution in [0, 0.1) is 19.8 Å². The van der Waals surface area contributed by atoms with Crippen molar-refractivity contribution < 1.29 is 5.11 Å². The molecule has 90 valence electrons. The summed E-state index contributed by atoms with van der Waals surface area (Å²) in [5.74, 6) is 0.617. The smallest absolute Gasteiger partial charge is 0.0916 e. The fraction of sp³-hybridized carbons (Fsp3) is 0.571. The van der Waals surface area contributed by atoms with Crippen molar-refractivity contribution in [2.24, 2.45) is 5.92 Å². The van der Waals surface area contributed by atoms with Crippen molar-refractivity contribution in [2.45, 2.75) is 33.8 Å². The Morgan fingerprint density at radius 1 is 1.19 bits per heavy atom. The minimum atomic E-state index is -0.403. The van der Waals surface area contributed by atoms with E-state index < -0.39 is 6.10 Å². The van der Waals surface area contributed by atoms with Crippen molar-refractivity contribution >= 4 is 0 Å². The molecule has 0 radical (unpaired) electrons. The Kier molecular flexibility index (Phi) is 4.97. The van der Waals surface area contributed by atoms with E-state index in [0.29, 0.717) is 12.5 Å². The zero-order chi connectivity index (χ0) is 12.1. The molecular formula is C14H23NO. The number of benzene rings is 1. The van der Waals surface area contributed by atoms with E-state index in [4.69, 9.17) is 0 Å². The van der Waals surface area contributed by atoms with Gasteiger partial charge in [-0.2, -0.15) is 0 Å². The molecule has 0 aliphatic carbocycles. The summed E-state index contributed by atoms with van der Waals surface area (Å²) >= 11 is 0. The van der Waals surface area contributed by atoms with Crippen LogP contribution in [-0.2, 0) is 0 Å². The van der Waals surface area contributed by atoms with Crippen LogP contribution in [0.3, 0.4) is 0 Å². The lowest BCUT2D eigenvalue weighted by Gasteiger charge is -2.16. The highest BCUT2D eigenvalue weighted by Gasteiger charge is 2.09. The van der Waals surface area contributed by atoms with Crippen LogP contribution in [0.25, 0.3) is 0 Å². The van der Waals surface area contributed by atoms with E-state index >= 15 is 0 Å². The van der Waals surface area contributed by atoms with Gasteiger partial charge >= 0.3 is 0 Å². The largest absolute Gasteiger partial charge is 0.387 e. The summed E-state index contributed by atoms with van der Waals surface area (Å²) in [7, 11) is 0. The predicted molar refractivity (Wildman–Crippen MR) is 68.6 cm³/mol. The maximum atomic E-state index is 10.0. The number of aliphatic hydroxyl groups is 1. The van der Waals surface area contributed by atoms with E-state index in [-0.39, 0.29) is 0 Å². The van der Waals surface area contributed by atoms with Crippen LogP contribution in [0.2, 0.25) is 0 Å². The van der Waals surface area contributed by atoms with Gasteiger partial charge in [0.2, 0.25) is 0 Å². The number of aryl methyl sites for hydroxylation is 2. The van der Waals surface area contributed by atoms with Gasteiger partial charge in [-0.15, -0.1) is 0 Å². The molecule has 1 rings (SSSR count). The summed E-state index contributed by atoms with van der Waals surface area (Å²) in [5.41, 5.74) is 3.43.